The highest BCUT2D eigenvalue weighted by Gasteiger charge is 2.15. The first-order valence-electron chi connectivity index (χ1n) is 5.45. The molecular weight excluding hydrogens is 299 g/mol. The molecule has 94 valence electrons. The highest BCUT2D eigenvalue weighted by atomic mass is 79.9. The van der Waals surface area contributed by atoms with Gasteiger partial charge in [0.15, 0.2) is 5.78 Å². The van der Waals surface area contributed by atoms with E-state index in [1.807, 2.05) is 13.0 Å². The zero-order chi connectivity index (χ0) is 13.3. The van der Waals surface area contributed by atoms with Gasteiger partial charge >= 0.3 is 0 Å². The van der Waals surface area contributed by atoms with Gasteiger partial charge in [0.2, 0.25) is 0 Å². The molecule has 0 aliphatic rings. The molecule has 0 fully saturated rings. The van der Waals surface area contributed by atoms with Crippen molar-refractivity contribution in [3.8, 4) is 0 Å². The third kappa shape index (κ3) is 2.51. The molecule has 0 spiro atoms. The van der Waals surface area contributed by atoms with Crippen LogP contribution in [0.15, 0.2) is 28.7 Å². The van der Waals surface area contributed by atoms with Crippen LogP contribution in [0.25, 0.3) is 0 Å². The third-order valence-electron chi connectivity index (χ3n) is 2.69. The summed E-state index contributed by atoms with van der Waals surface area (Å²) in [5.74, 6) is -0.564. The number of nitrogens with zero attached hydrogens (tertiary/aromatic N) is 2. The van der Waals surface area contributed by atoms with Crippen LogP contribution in [0.1, 0.15) is 21.7 Å². The number of ketones is 1. The van der Waals surface area contributed by atoms with E-state index in [-0.39, 0.29) is 16.7 Å². The van der Waals surface area contributed by atoms with Crippen molar-refractivity contribution in [3.05, 3.63) is 51.5 Å². The van der Waals surface area contributed by atoms with Gasteiger partial charge < -0.3 is 0 Å². The van der Waals surface area contributed by atoms with Crippen molar-refractivity contribution in [2.75, 3.05) is 0 Å². The third-order valence-corrected chi connectivity index (χ3v) is 3.50. The standard InChI is InChI=1S/C13H12BrFN2O/c1-8-6-9(17(2)16-8)7-12(18)10-4-3-5-11(15)13(10)14/h3-6H,7H2,1-2H3. The fourth-order valence-corrected chi connectivity index (χ4v) is 2.29. The Morgan fingerprint density at radius 2 is 2.22 bits per heavy atom. The Balaban J connectivity index is 2.27. The van der Waals surface area contributed by atoms with E-state index < -0.39 is 5.82 Å². The van der Waals surface area contributed by atoms with Crippen molar-refractivity contribution in [2.24, 2.45) is 7.05 Å². The van der Waals surface area contributed by atoms with Crippen LogP contribution in [0.5, 0.6) is 0 Å². The van der Waals surface area contributed by atoms with Gasteiger partial charge in [0.05, 0.1) is 16.6 Å². The van der Waals surface area contributed by atoms with Gasteiger partial charge in [-0.1, -0.05) is 12.1 Å². The van der Waals surface area contributed by atoms with Crippen molar-refractivity contribution >= 4 is 21.7 Å². The van der Waals surface area contributed by atoms with E-state index >= 15 is 0 Å². The molecule has 0 radical (unpaired) electrons. The Kier molecular flexibility index (Phi) is 3.61. The van der Waals surface area contributed by atoms with Crippen LogP contribution in [0.2, 0.25) is 0 Å². The second-order valence-electron chi connectivity index (χ2n) is 4.10. The van der Waals surface area contributed by atoms with Gasteiger partial charge in [-0.3, -0.25) is 9.48 Å². The molecule has 1 aromatic carbocycles. The summed E-state index contributed by atoms with van der Waals surface area (Å²) < 4.78 is 15.2. The maximum absolute atomic E-state index is 13.3. The molecule has 0 amide bonds. The number of halogens is 2. The molecule has 0 aliphatic carbocycles. The quantitative estimate of drug-likeness (QED) is 0.817. The van der Waals surface area contributed by atoms with Crippen molar-refractivity contribution < 1.29 is 9.18 Å². The number of carbonyl (C=O) groups excluding carboxylic acids is 1. The van der Waals surface area contributed by atoms with E-state index in [1.54, 1.807) is 17.8 Å². The van der Waals surface area contributed by atoms with Gasteiger partial charge in [-0.2, -0.15) is 5.10 Å². The second-order valence-corrected chi connectivity index (χ2v) is 4.89. The summed E-state index contributed by atoms with van der Waals surface area (Å²) in [4.78, 5) is 12.1. The molecule has 0 atom stereocenters. The highest BCUT2D eigenvalue weighted by molar-refractivity contribution is 9.10. The van der Waals surface area contributed by atoms with E-state index in [9.17, 15) is 9.18 Å². The van der Waals surface area contributed by atoms with Crippen molar-refractivity contribution in [1.82, 2.24) is 9.78 Å². The van der Waals surface area contributed by atoms with Crippen LogP contribution >= 0.6 is 15.9 Å². The normalized spacial score (nSPS) is 10.7. The summed E-state index contributed by atoms with van der Waals surface area (Å²) in [6.45, 7) is 1.87. The Morgan fingerprint density at radius 3 is 2.83 bits per heavy atom. The van der Waals surface area contributed by atoms with Crippen LogP contribution in [-0.2, 0) is 13.5 Å². The second kappa shape index (κ2) is 5.02. The minimum absolute atomic E-state index is 0.135. The number of carbonyl (C=O) groups is 1. The monoisotopic (exact) mass is 310 g/mol. The Morgan fingerprint density at radius 1 is 1.50 bits per heavy atom. The zero-order valence-electron chi connectivity index (χ0n) is 10.1. The minimum Gasteiger partial charge on any atom is -0.294 e. The number of hydrogen-bond donors (Lipinski definition) is 0. The Labute approximate surface area is 113 Å². The molecule has 1 aromatic heterocycles. The number of Topliss-reactive ketones (excluding diaryl/α,β-unsaturated/α-hetero) is 1. The largest absolute Gasteiger partial charge is 0.294 e. The fourth-order valence-electron chi connectivity index (χ4n) is 1.81. The number of hydrogen-bond acceptors (Lipinski definition) is 2. The Bertz CT molecular complexity index is 607. The van der Waals surface area contributed by atoms with Gasteiger partial charge in [-0.05, 0) is 35.0 Å². The van der Waals surface area contributed by atoms with Gasteiger partial charge in [-0.15, -0.1) is 0 Å². The predicted molar refractivity (Wildman–Crippen MR) is 70.1 cm³/mol. The molecule has 0 unspecified atom stereocenters. The molecule has 3 nitrogen and oxygen atoms in total. The van der Waals surface area contributed by atoms with Crippen molar-refractivity contribution in [3.63, 3.8) is 0 Å². The molecule has 0 aliphatic heterocycles. The number of benzene rings is 1. The Hall–Kier alpha value is -1.49. The van der Waals surface area contributed by atoms with Gasteiger partial charge in [0.1, 0.15) is 5.82 Å². The molecule has 0 N–H and O–H groups in total. The van der Waals surface area contributed by atoms with E-state index in [0.717, 1.165) is 11.4 Å². The van der Waals surface area contributed by atoms with Crippen LogP contribution in [-0.4, -0.2) is 15.6 Å². The summed E-state index contributed by atoms with van der Waals surface area (Å²) in [6, 6.07) is 6.31. The molecule has 0 bridgehead atoms. The lowest BCUT2D eigenvalue weighted by Crippen LogP contribution is -2.09. The van der Waals surface area contributed by atoms with Crippen LogP contribution < -0.4 is 0 Å². The molecule has 2 rings (SSSR count). The SMILES string of the molecule is Cc1cc(CC(=O)c2cccc(F)c2Br)n(C)n1. The van der Waals surface area contributed by atoms with E-state index in [1.165, 1.54) is 12.1 Å². The smallest absolute Gasteiger partial charge is 0.170 e. The average molecular weight is 311 g/mol. The van der Waals surface area contributed by atoms with E-state index in [4.69, 9.17) is 0 Å². The lowest BCUT2D eigenvalue weighted by molar-refractivity contribution is 0.0989. The van der Waals surface area contributed by atoms with Gasteiger partial charge in [0.25, 0.3) is 0 Å². The first-order valence-corrected chi connectivity index (χ1v) is 6.25. The van der Waals surface area contributed by atoms with Crippen LogP contribution in [0.4, 0.5) is 4.39 Å². The summed E-state index contributed by atoms with van der Waals surface area (Å²) in [5.41, 5.74) is 2.03. The van der Waals surface area contributed by atoms with Crippen LogP contribution in [0, 0.1) is 12.7 Å². The minimum atomic E-state index is -0.429. The zero-order valence-corrected chi connectivity index (χ0v) is 11.7. The molecule has 1 heterocycles. The molecular formula is C13H12BrFN2O. The number of aryl methyl sites for hydroxylation is 2. The molecule has 2 aromatic rings. The molecule has 5 heteroatoms. The topological polar surface area (TPSA) is 34.9 Å². The maximum Gasteiger partial charge on any atom is 0.170 e. The van der Waals surface area contributed by atoms with E-state index in [0.29, 0.717) is 5.56 Å². The predicted octanol–water partition coefficient (Wildman–Crippen LogP) is 3.06. The number of rotatable bonds is 3. The van der Waals surface area contributed by atoms with Crippen LogP contribution in [0.3, 0.4) is 0 Å². The molecule has 0 saturated carbocycles. The van der Waals surface area contributed by atoms with Crippen molar-refractivity contribution in [1.29, 1.82) is 0 Å². The lowest BCUT2D eigenvalue weighted by Gasteiger charge is -2.04. The summed E-state index contributed by atoms with van der Waals surface area (Å²) in [5, 5.41) is 4.18. The first-order chi connectivity index (χ1) is 8.49. The summed E-state index contributed by atoms with van der Waals surface area (Å²) >= 11 is 3.10. The average Bonchev–Trinajstić information content (AvgIpc) is 2.61. The fraction of sp³-hybridized carbons (Fsp3) is 0.231. The highest BCUT2D eigenvalue weighted by Crippen LogP contribution is 2.22. The molecule has 0 saturated heterocycles. The summed E-state index contributed by atoms with van der Waals surface area (Å²) in [7, 11) is 1.79. The molecule has 18 heavy (non-hydrogen) atoms. The first kappa shape index (κ1) is 13.0. The lowest BCUT2D eigenvalue weighted by atomic mass is 10.1. The maximum atomic E-state index is 13.3. The number of aromatic nitrogens is 2. The van der Waals surface area contributed by atoms with E-state index in [2.05, 4.69) is 21.0 Å². The summed E-state index contributed by atoms with van der Waals surface area (Å²) in [6.07, 6.45) is 0.208. The van der Waals surface area contributed by atoms with Crippen molar-refractivity contribution in [2.45, 2.75) is 13.3 Å². The van der Waals surface area contributed by atoms with Gasteiger partial charge in [0, 0.05) is 18.3 Å². The van der Waals surface area contributed by atoms with Gasteiger partial charge in [-0.25, -0.2) is 4.39 Å².